The molecule has 0 spiro atoms. The molecule has 1 saturated heterocycles. The SMILES string of the molecule is CCN[C@@H]1CC(C(=O)OC)CCN1CC[C@@H](CN(C)S(=O)(=O)c1ccccc1)c1ccccc1. The number of likely N-dealkylation sites (tertiary alicyclic amines) is 1. The third-order valence-electron chi connectivity index (χ3n) is 6.65. The summed E-state index contributed by atoms with van der Waals surface area (Å²) in [6.07, 6.45) is 2.40. The molecule has 0 aromatic heterocycles. The minimum atomic E-state index is -3.57. The van der Waals surface area contributed by atoms with Gasteiger partial charge in [-0.05, 0) is 49.4 Å². The standard InChI is InChI=1S/C26H37N3O4S/c1-4-27-25-19-22(26(30)33-3)15-17-29(25)18-16-23(21-11-7-5-8-12-21)20-28(2)34(31,32)24-13-9-6-10-14-24/h5-14,22-23,25,27H,4,15-20H2,1-3H3/t22?,23-,25-/m0/s1. The van der Waals surface area contributed by atoms with Gasteiger partial charge in [-0.3, -0.25) is 9.69 Å². The lowest BCUT2D eigenvalue weighted by Crippen LogP contribution is -2.52. The summed E-state index contributed by atoms with van der Waals surface area (Å²) in [7, 11) is -0.468. The van der Waals surface area contributed by atoms with Crippen LogP contribution in [0.25, 0.3) is 0 Å². The molecule has 8 heteroatoms. The first kappa shape index (κ1) is 26.3. The van der Waals surface area contributed by atoms with Crippen molar-refractivity contribution in [2.24, 2.45) is 5.92 Å². The van der Waals surface area contributed by atoms with Crippen molar-refractivity contribution in [3.8, 4) is 0 Å². The van der Waals surface area contributed by atoms with Gasteiger partial charge in [-0.1, -0.05) is 55.5 Å². The number of carbonyl (C=O) groups excluding carboxylic acids is 1. The minimum absolute atomic E-state index is 0.0466. The molecule has 7 nitrogen and oxygen atoms in total. The Hall–Kier alpha value is -2.26. The fraction of sp³-hybridized carbons (Fsp3) is 0.500. The summed E-state index contributed by atoms with van der Waals surface area (Å²) in [5.41, 5.74) is 1.13. The number of esters is 1. The fourth-order valence-electron chi connectivity index (χ4n) is 4.70. The second-order valence-electron chi connectivity index (χ2n) is 8.85. The zero-order valence-electron chi connectivity index (χ0n) is 20.4. The van der Waals surface area contributed by atoms with Crippen LogP contribution in [0.3, 0.4) is 0 Å². The largest absolute Gasteiger partial charge is 0.469 e. The van der Waals surface area contributed by atoms with E-state index in [0.29, 0.717) is 11.4 Å². The zero-order valence-corrected chi connectivity index (χ0v) is 21.2. The van der Waals surface area contributed by atoms with E-state index in [1.165, 1.54) is 11.4 Å². The van der Waals surface area contributed by atoms with E-state index >= 15 is 0 Å². The molecule has 2 aromatic carbocycles. The zero-order chi connectivity index (χ0) is 24.6. The first-order valence-corrected chi connectivity index (χ1v) is 13.4. The molecule has 0 amide bonds. The van der Waals surface area contributed by atoms with E-state index in [-0.39, 0.29) is 24.0 Å². The number of nitrogens with zero attached hydrogens (tertiary/aromatic N) is 2. The molecule has 1 heterocycles. The summed E-state index contributed by atoms with van der Waals surface area (Å²) < 4.78 is 32.7. The maximum atomic E-state index is 13.1. The van der Waals surface area contributed by atoms with Crippen LogP contribution in [-0.2, 0) is 19.6 Å². The number of nitrogens with one attached hydrogen (secondary N) is 1. The van der Waals surface area contributed by atoms with Crippen molar-refractivity contribution in [2.45, 2.75) is 43.2 Å². The number of benzene rings is 2. The summed E-state index contributed by atoms with van der Waals surface area (Å²) in [6.45, 7) is 4.89. The topological polar surface area (TPSA) is 79.0 Å². The maximum absolute atomic E-state index is 13.1. The van der Waals surface area contributed by atoms with Gasteiger partial charge in [0, 0.05) is 26.7 Å². The molecule has 1 fully saturated rings. The Morgan fingerprint density at radius 3 is 2.41 bits per heavy atom. The highest BCUT2D eigenvalue weighted by atomic mass is 32.2. The van der Waals surface area contributed by atoms with Crippen molar-refractivity contribution in [1.29, 1.82) is 0 Å². The average molecular weight is 488 g/mol. The van der Waals surface area contributed by atoms with Crippen LogP contribution >= 0.6 is 0 Å². The smallest absolute Gasteiger partial charge is 0.308 e. The van der Waals surface area contributed by atoms with Gasteiger partial charge < -0.3 is 10.1 Å². The number of hydrogen-bond donors (Lipinski definition) is 1. The van der Waals surface area contributed by atoms with Gasteiger partial charge in [-0.15, -0.1) is 0 Å². The highest BCUT2D eigenvalue weighted by Gasteiger charge is 2.33. The van der Waals surface area contributed by atoms with Crippen LogP contribution in [0.5, 0.6) is 0 Å². The number of rotatable bonds is 11. The third-order valence-corrected chi connectivity index (χ3v) is 8.49. The van der Waals surface area contributed by atoms with Crippen LogP contribution in [0.15, 0.2) is 65.6 Å². The number of methoxy groups -OCH3 is 1. The molecule has 34 heavy (non-hydrogen) atoms. The Labute approximate surface area is 204 Å². The van der Waals surface area contributed by atoms with Crippen molar-refractivity contribution >= 4 is 16.0 Å². The highest BCUT2D eigenvalue weighted by Crippen LogP contribution is 2.27. The van der Waals surface area contributed by atoms with Crippen molar-refractivity contribution in [3.05, 3.63) is 66.2 Å². The molecule has 3 atom stereocenters. The van der Waals surface area contributed by atoms with Gasteiger partial charge in [0.15, 0.2) is 0 Å². The number of carbonyl (C=O) groups is 1. The third kappa shape index (κ3) is 6.66. The number of likely N-dealkylation sites (N-methyl/N-ethyl adjacent to an activating group) is 1. The van der Waals surface area contributed by atoms with Crippen molar-refractivity contribution in [1.82, 2.24) is 14.5 Å². The predicted molar refractivity (Wildman–Crippen MR) is 134 cm³/mol. The Balaban J connectivity index is 1.72. The van der Waals surface area contributed by atoms with Crippen molar-refractivity contribution in [2.75, 3.05) is 40.3 Å². The van der Waals surface area contributed by atoms with Gasteiger partial charge in [-0.25, -0.2) is 12.7 Å². The van der Waals surface area contributed by atoms with E-state index in [1.807, 2.05) is 24.3 Å². The molecule has 1 unspecified atom stereocenters. The van der Waals surface area contributed by atoms with Gasteiger partial charge in [-0.2, -0.15) is 0 Å². The van der Waals surface area contributed by atoms with Gasteiger partial charge in [0.25, 0.3) is 0 Å². The van der Waals surface area contributed by atoms with Crippen LogP contribution in [0.2, 0.25) is 0 Å². The molecule has 0 bridgehead atoms. The second kappa shape index (κ2) is 12.4. The van der Waals surface area contributed by atoms with Crippen LogP contribution in [0.4, 0.5) is 0 Å². The molecule has 186 valence electrons. The Kier molecular flexibility index (Phi) is 9.64. The minimum Gasteiger partial charge on any atom is -0.469 e. The molecular weight excluding hydrogens is 450 g/mol. The normalized spacial score (nSPS) is 20.2. The molecule has 0 radical (unpaired) electrons. The van der Waals surface area contributed by atoms with Gasteiger partial charge in [0.2, 0.25) is 10.0 Å². The summed E-state index contributed by atoms with van der Waals surface area (Å²) in [6, 6.07) is 18.7. The van der Waals surface area contributed by atoms with E-state index in [9.17, 15) is 13.2 Å². The Bertz CT molecular complexity index is 1000. The van der Waals surface area contributed by atoms with E-state index < -0.39 is 10.0 Å². The summed E-state index contributed by atoms with van der Waals surface area (Å²) in [4.78, 5) is 14.8. The number of sulfonamides is 1. The molecule has 3 rings (SSSR count). The van der Waals surface area contributed by atoms with E-state index in [0.717, 1.165) is 44.5 Å². The second-order valence-corrected chi connectivity index (χ2v) is 10.9. The maximum Gasteiger partial charge on any atom is 0.308 e. The quantitative estimate of drug-likeness (QED) is 0.490. The molecule has 1 aliphatic heterocycles. The van der Waals surface area contributed by atoms with Gasteiger partial charge in [0.1, 0.15) is 0 Å². The predicted octanol–water partition coefficient (Wildman–Crippen LogP) is 3.30. The van der Waals surface area contributed by atoms with Gasteiger partial charge >= 0.3 is 5.97 Å². The van der Waals surface area contributed by atoms with Crippen molar-refractivity contribution < 1.29 is 17.9 Å². The van der Waals surface area contributed by atoms with Crippen LogP contribution in [0, 0.1) is 5.92 Å². The number of hydrogen-bond acceptors (Lipinski definition) is 6. The molecule has 0 aliphatic carbocycles. The monoisotopic (exact) mass is 487 g/mol. The molecule has 1 N–H and O–H groups in total. The molecule has 1 aliphatic rings. The summed E-state index contributed by atoms with van der Waals surface area (Å²) >= 11 is 0. The lowest BCUT2D eigenvalue weighted by molar-refractivity contribution is -0.148. The summed E-state index contributed by atoms with van der Waals surface area (Å²) in [5, 5.41) is 3.51. The Morgan fingerprint density at radius 1 is 1.15 bits per heavy atom. The van der Waals surface area contributed by atoms with Crippen LogP contribution < -0.4 is 5.32 Å². The first-order valence-electron chi connectivity index (χ1n) is 12.0. The highest BCUT2D eigenvalue weighted by molar-refractivity contribution is 7.89. The first-order chi connectivity index (χ1) is 16.4. The van der Waals surface area contributed by atoms with Crippen molar-refractivity contribution in [3.63, 3.8) is 0 Å². The molecule has 0 saturated carbocycles. The van der Waals surface area contributed by atoms with Crippen LogP contribution in [-0.4, -0.2) is 70.1 Å². The van der Waals surface area contributed by atoms with E-state index in [2.05, 4.69) is 29.3 Å². The van der Waals surface area contributed by atoms with Gasteiger partial charge in [0.05, 0.1) is 24.1 Å². The fourth-order valence-corrected chi connectivity index (χ4v) is 5.94. The summed E-state index contributed by atoms with van der Waals surface area (Å²) in [5.74, 6) is -0.180. The average Bonchev–Trinajstić information content (AvgIpc) is 2.87. The molecule has 2 aromatic rings. The lowest BCUT2D eigenvalue weighted by Gasteiger charge is -2.39. The lowest BCUT2D eigenvalue weighted by atomic mass is 9.92. The van der Waals surface area contributed by atoms with E-state index in [4.69, 9.17) is 4.74 Å². The number of ether oxygens (including phenoxy) is 1. The number of piperidine rings is 1. The van der Waals surface area contributed by atoms with E-state index in [1.54, 1.807) is 31.3 Å². The van der Waals surface area contributed by atoms with Crippen LogP contribution in [0.1, 0.15) is 37.7 Å². The Morgan fingerprint density at radius 2 is 1.79 bits per heavy atom. The molecular formula is C26H37N3O4S.